The van der Waals surface area contributed by atoms with Crippen LogP contribution in [0.25, 0.3) is 0 Å². The lowest BCUT2D eigenvalue weighted by Crippen LogP contribution is -2.17. The Balaban J connectivity index is 2.10. The van der Waals surface area contributed by atoms with Crippen LogP contribution in [0.4, 0.5) is 5.69 Å². The molecule has 0 aromatic carbocycles. The molecular formula is C14H19N5S. The molecule has 0 saturated carbocycles. The summed E-state index contributed by atoms with van der Waals surface area (Å²) in [5, 5.41) is 7.54. The Morgan fingerprint density at radius 2 is 2.20 bits per heavy atom. The average molecular weight is 289 g/mol. The zero-order chi connectivity index (χ0) is 14.7. The van der Waals surface area contributed by atoms with Crippen molar-refractivity contribution in [2.45, 2.75) is 20.3 Å². The first-order chi connectivity index (χ1) is 9.47. The van der Waals surface area contributed by atoms with Gasteiger partial charge in [0, 0.05) is 36.9 Å². The van der Waals surface area contributed by atoms with Gasteiger partial charge in [0.2, 0.25) is 0 Å². The third kappa shape index (κ3) is 3.33. The number of nitrogens with zero attached hydrogens (tertiary/aromatic N) is 3. The molecule has 5 nitrogen and oxygen atoms in total. The van der Waals surface area contributed by atoms with Crippen molar-refractivity contribution in [1.82, 2.24) is 14.8 Å². The average Bonchev–Trinajstić information content (AvgIpc) is 2.73. The zero-order valence-corrected chi connectivity index (χ0v) is 12.8. The van der Waals surface area contributed by atoms with Crippen LogP contribution in [0.1, 0.15) is 22.5 Å². The van der Waals surface area contributed by atoms with Gasteiger partial charge in [0.05, 0.1) is 11.8 Å². The molecule has 0 unspecified atom stereocenters. The third-order valence-corrected chi connectivity index (χ3v) is 3.27. The first-order valence-electron chi connectivity index (χ1n) is 6.47. The number of anilines is 1. The SMILES string of the molecule is Cc1cc(NCCc2cnn(C)c2)c(C(N)=S)c(C)n1. The van der Waals surface area contributed by atoms with Crippen LogP contribution < -0.4 is 11.1 Å². The smallest absolute Gasteiger partial charge is 0.107 e. The molecule has 0 saturated heterocycles. The topological polar surface area (TPSA) is 68.8 Å². The summed E-state index contributed by atoms with van der Waals surface area (Å²) in [5.41, 5.74) is 10.6. The van der Waals surface area contributed by atoms with Gasteiger partial charge in [-0.25, -0.2) is 0 Å². The molecule has 0 fully saturated rings. The fraction of sp³-hybridized carbons (Fsp3) is 0.357. The first kappa shape index (κ1) is 14.5. The van der Waals surface area contributed by atoms with E-state index in [-0.39, 0.29) is 0 Å². The highest BCUT2D eigenvalue weighted by atomic mass is 32.1. The van der Waals surface area contributed by atoms with E-state index in [1.807, 2.05) is 39.4 Å². The minimum absolute atomic E-state index is 0.374. The number of hydrogen-bond acceptors (Lipinski definition) is 4. The summed E-state index contributed by atoms with van der Waals surface area (Å²) < 4.78 is 1.80. The van der Waals surface area contributed by atoms with Crippen LogP contribution in [0.5, 0.6) is 0 Å². The monoisotopic (exact) mass is 289 g/mol. The van der Waals surface area contributed by atoms with Crippen molar-refractivity contribution in [2.75, 3.05) is 11.9 Å². The molecule has 3 N–H and O–H groups in total. The summed E-state index contributed by atoms with van der Waals surface area (Å²) in [6.45, 7) is 4.68. The highest BCUT2D eigenvalue weighted by molar-refractivity contribution is 7.80. The highest BCUT2D eigenvalue weighted by Gasteiger charge is 2.10. The molecule has 0 aliphatic carbocycles. The summed E-state index contributed by atoms with van der Waals surface area (Å²) in [6, 6.07) is 1.98. The van der Waals surface area contributed by atoms with E-state index in [0.717, 1.165) is 35.6 Å². The number of rotatable bonds is 5. The van der Waals surface area contributed by atoms with Crippen LogP contribution in [0.2, 0.25) is 0 Å². The number of aryl methyl sites for hydroxylation is 3. The fourth-order valence-corrected chi connectivity index (χ4v) is 2.48. The molecule has 2 aromatic heterocycles. The summed E-state index contributed by atoms with van der Waals surface area (Å²) >= 11 is 5.11. The standard InChI is InChI=1S/C14H19N5S/c1-9-6-12(13(14(15)20)10(2)18-9)16-5-4-11-7-17-19(3)8-11/h6-8H,4-5H2,1-3H3,(H2,15,20)(H,16,18). The molecule has 0 radical (unpaired) electrons. The van der Waals surface area contributed by atoms with Crippen molar-refractivity contribution in [3.8, 4) is 0 Å². The van der Waals surface area contributed by atoms with Gasteiger partial charge in [0.15, 0.2) is 0 Å². The van der Waals surface area contributed by atoms with Crippen molar-refractivity contribution < 1.29 is 0 Å². The minimum Gasteiger partial charge on any atom is -0.389 e. The van der Waals surface area contributed by atoms with E-state index in [4.69, 9.17) is 18.0 Å². The summed E-state index contributed by atoms with van der Waals surface area (Å²) in [7, 11) is 1.91. The van der Waals surface area contributed by atoms with Crippen LogP contribution in [0, 0.1) is 13.8 Å². The quantitative estimate of drug-likeness (QED) is 0.820. The molecule has 2 aromatic rings. The van der Waals surface area contributed by atoms with Crippen molar-refractivity contribution in [1.29, 1.82) is 0 Å². The lowest BCUT2D eigenvalue weighted by atomic mass is 10.1. The number of thiocarbonyl (C=S) groups is 1. The largest absolute Gasteiger partial charge is 0.389 e. The molecule has 2 heterocycles. The Bertz CT molecular complexity index is 632. The van der Waals surface area contributed by atoms with Gasteiger partial charge in [-0.1, -0.05) is 12.2 Å². The summed E-state index contributed by atoms with van der Waals surface area (Å²) in [4.78, 5) is 4.78. The Morgan fingerprint density at radius 1 is 1.45 bits per heavy atom. The van der Waals surface area contributed by atoms with E-state index in [1.54, 1.807) is 4.68 Å². The van der Waals surface area contributed by atoms with E-state index >= 15 is 0 Å². The number of pyridine rings is 1. The van der Waals surface area contributed by atoms with Gasteiger partial charge in [-0.2, -0.15) is 5.10 Å². The predicted molar refractivity (Wildman–Crippen MR) is 85.0 cm³/mol. The van der Waals surface area contributed by atoms with Crippen molar-refractivity contribution in [3.05, 3.63) is 41.0 Å². The molecule has 20 heavy (non-hydrogen) atoms. The third-order valence-electron chi connectivity index (χ3n) is 3.06. The summed E-state index contributed by atoms with van der Waals surface area (Å²) in [6.07, 6.45) is 4.78. The van der Waals surface area contributed by atoms with E-state index < -0.39 is 0 Å². The van der Waals surface area contributed by atoms with Crippen LogP contribution in [0.15, 0.2) is 18.5 Å². The minimum atomic E-state index is 0.374. The van der Waals surface area contributed by atoms with Crippen molar-refractivity contribution >= 4 is 22.9 Å². The zero-order valence-electron chi connectivity index (χ0n) is 12.0. The Hall–Kier alpha value is -1.95. The molecule has 0 atom stereocenters. The Labute approximate surface area is 124 Å². The van der Waals surface area contributed by atoms with E-state index in [9.17, 15) is 0 Å². The van der Waals surface area contributed by atoms with Crippen molar-refractivity contribution in [3.63, 3.8) is 0 Å². The van der Waals surface area contributed by atoms with Crippen LogP contribution in [-0.2, 0) is 13.5 Å². The predicted octanol–water partition coefficient (Wildman–Crippen LogP) is 1.72. The van der Waals surface area contributed by atoms with Gasteiger partial charge >= 0.3 is 0 Å². The van der Waals surface area contributed by atoms with Crippen LogP contribution >= 0.6 is 12.2 Å². The number of nitrogens with one attached hydrogen (secondary N) is 1. The van der Waals surface area contributed by atoms with E-state index in [2.05, 4.69) is 15.4 Å². The molecule has 0 aliphatic rings. The van der Waals surface area contributed by atoms with Crippen molar-refractivity contribution in [2.24, 2.45) is 12.8 Å². The van der Waals surface area contributed by atoms with Gasteiger partial charge in [0.1, 0.15) is 4.99 Å². The second-order valence-corrected chi connectivity index (χ2v) is 5.27. The normalized spacial score (nSPS) is 10.6. The van der Waals surface area contributed by atoms with Gasteiger partial charge in [-0.05, 0) is 31.9 Å². The number of aromatic nitrogens is 3. The lowest BCUT2D eigenvalue weighted by molar-refractivity contribution is 0.767. The van der Waals surface area contributed by atoms with Gasteiger partial charge in [-0.15, -0.1) is 0 Å². The fourth-order valence-electron chi connectivity index (χ4n) is 2.22. The second-order valence-electron chi connectivity index (χ2n) is 4.83. The number of hydrogen-bond donors (Lipinski definition) is 2. The van der Waals surface area contributed by atoms with E-state index in [1.165, 1.54) is 5.56 Å². The first-order valence-corrected chi connectivity index (χ1v) is 6.87. The van der Waals surface area contributed by atoms with Crippen LogP contribution in [0.3, 0.4) is 0 Å². The van der Waals surface area contributed by atoms with Crippen LogP contribution in [-0.4, -0.2) is 26.3 Å². The maximum atomic E-state index is 5.79. The van der Waals surface area contributed by atoms with Gasteiger partial charge in [-0.3, -0.25) is 9.67 Å². The molecule has 0 aliphatic heterocycles. The van der Waals surface area contributed by atoms with Gasteiger partial charge < -0.3 is 11.1 Å². The van der Waals surface area contributed by atoms with Gasteiger partial charge in [0.25, 0.3) is 0 Å². The lowest BCUT2D eigenvalue weighted by Gasteiger charge is -2.14. The summed E-state index contributed by atoms with van der Waals surface area (Å²) in [5.74, 6) is 0. The Kier molecular flexibility index (Phi) is 4.34. The Morgan fingerprint density at radius 3 is 2.80 bits per heavy atom. The maximum absolute atomic E-state index is 5.79. The number of nitrogens with two attached hydrogens (primary N) is 1. The van der Waals surface area contributed by atoms with E-state index in [0.29, 0.717) is 4.99 Å². The maximum Gasteiger partial charge on any atom is 0.107 e. The molecule has 6 heteroatoms. The molecule has 0 spiro atoms. The second kappa shape index (κ2) is 6.00. The molecule has 106 valence electrons. The highest BCUT2D eigenvalue weighted by Crippen LogP contribution is 2.19. The molecular weight excluding hydrogens is 270 g/mol. The molecule has 0 bridgehead atoms. The molecule has 0 amide bonds. The molecule has 2 rings (SSSR count).